The van der Waals surface area contributed by atoms with Gasteiger partial charge in [-0.1, -0.05) is 34.9 Å². The highest BCUT2D eigenvalue weighted by Crippen LogP contribution is 2.25. The maximum absolute atomic E-state index is 11.1. The normalized spacial score (nSPS) is 11.7. The summed E-state index contributed by atoms with van der Waals surface area (Å²) in [5.74, 6) is 2.29. The number of rotatable bonds is 1. The summed E-state index contributed by atoms with van der Waals surface area (Å²) in [4.78, 5) is 15.6. The molecule has 0 unspecified atom stereocenters. The molecule has 0 aliphatic rings. The molecule has 17 heavy (non-hydrogen) atoms. The van der Waals surface area contributed by atoms with Crippen molar-refractivity contribution in [1.82, 2.24) is 4.57 Å². The van der Waals surface area contributed by atoms with Crippen LogP contribution in [0.3, 0.4) is 0 Å². The minimum atomic E-state index is -0.251. The van der Waals surface area contributed by atoms with E-state index in [0.717, 1.165) is 10.2 Å². The molecule has 1 aromatic heterocycles. The SMILES string of the molecule is C#CCn1c(=NC(C)=O)sc2cccc(Cl)c21. The summed E-state index contributed by atoms with van der Waals surface area (Å²) in [6, 6.07) is 5.58. The Morgan fingerprint density at radius 1 is 1.65 bits per heavy atom. The number of hydrogen-bond donors (Lipinski definition) is 0. The molecule has 0 atom stereocenters. The van der Waals surface area contributed by atoms with Crippen LogP contribution in [0, 0.1) is 12.3 Å². The molecule has 1 aromatic carbocycles. The number of aromatic nitrogens is 1. The van der Waals surface area contributed by atoms with Crippen LogP contribution in [0.25, 0.3) is 10.2 Å². The lowest BCUT2D eigenvalue weighted by molar-refractivity contribution is -0.116. The molecule has 86 valence electrons. The van der Waals surface area contributed by atoms with Crippen LogP contribution in [0.5, 0.6) is 0 Å². The van der Waals surface area contributed by atoms with Crippen molar-refractivity contribution in [2.45, 2.75) is 13.5 Å². The Labute approximate surface area is 107 Å². The lowest BCUT2D eigenvalue weighted by Gasteiger charge is -2.00. The summed E-state index contributed by atoms with van der Waals surface area (Å²) in [5.41, 5.74) is 0.831. The van der Waals surface area contributed by atoms with Crippen LogP contribution in [0.4, 0.5) is 0 Å². The fourth-order valence-electron chi connectivity index (χ4n) is 1.54. The van der Waals surface area contributed by atoms with Gasteiger partial charge in [-0.05, 0) is 12.1 Å². The highest BCUT2D eigenvalue weighted by atomic mass is 35.5. The first kappa shape index (κ1) is 11.9. The quantitative estimate of drug-likeness (QED) is 0.729. The van der Waals surface area contributed by atoms with Crippen molar-refractivity contribution in [3.63, 3.8) is 0 Å². The Morgan fingerprint density at radius 2 is 2.41 bits per heavy atom. The molecule has 1 amide bonds. The topological polar surface area (TPSA) is 34.4 Å². The monoisotopic (exact) mass is 264 g/mol. The molecule has 0 radical (unpaired) electrons. The minimum absolute atomic E-state index is 0.251. The van der Waals surface area contributed by atoms with E-state index in [1.165, 1.54) is 18.3 Å². The van der Waals surface area contributed by atoms with Gasteiger partial charge in [0, 0.05) is 6.92 Å². The number of halogens is 1. The van der Waals surface area contributed by atoms with Gasteiger partial charge < -0.3 is 4.57 Å². The number of amides is 1. The predicted molar refractivity (Wildman–Crippen MR) is 69.9 cm³/mol. The average molecular weight is 265 g/mol. The van der Waals surface area contributed by atoms with Gasteiger partial charge in [0.05, 0.1) is 21.8 Å². The van der Waals surface area contributed by atoms with Crippen molar-refractivity contribution in [2.75, 3.05) is 0 Å². The zero-order valence-electron chi connectivity index (χ0n) is 9.11. The third-order valence-corrected chi connectivity index (χ3v) is 3.50. The lowest BCUT2D eigenvalue weighted by Crippen LogP contribution is -2.15. The van der Waals surface area contributed by atoms with Crippen LogP contribution in [0.1, 0.15) is 6.92 Å². The second kappa shape index (κ2) is 4.74. The van der Waals surface area contributed by atoms with Gasteiger partial charge >= 0.3 is 0 Å². The van der Waals surface area contributed by atoms with E-state index in [2.05, 4.69) is 10.9 Å². The second-order valence-electron chi connectivity index (χ2n) is 3.39. The number of terminal acetylenes is 1. The molecule has 1 heterocycles. The van der Waals surface area contributed by atoms with Crippen LogP contribution in [-0.2, 0) is 11.3 Å². The molecule has 3 nitrogen and oxygen atoms in total. The van der Waals surface area contributed by atoms with Crippen LogP contribution in [0.15, 0.2) is 23.2 Å². The predicted octanol–water partition coefficient (Wildman–Crippen LogP) is 2.44. The van der Waals surface area contributed by atoms with Gasteiger partial charge in [0.25, 0.3) is 0 Å². The van der Waals surface area contributed by atoms with Crippen LogP contribution < -0.4 is 4.80 Å². The van der Waals surface area contributed by atoms with Gasteiger partial charge in [-0.2, -0.15) is 4.99 Å². The number of para-hydroxylation sites is 1. The summed E-state index contributed by atoms with van der Waals surface area (Å²) in [6.07, 6.45) is 5.32. The van der Waals surface area contributed by atoms with Gasteiger partial charge in [0.15, 0.2) is 4.80 Å². The summed E-state index contributed by atoms with van der Waals surface area (Å²) >= 11 is 7.54. The number of benzene rings is 1. The van der Waals surface area contributed by atoms with E-state index >= 15 is 0 Å². The Bertz CT molecular complexity index is 691. The number of carbonyl (C=O) groups excluding carboxylic acids is 1. The van der Waals surface area contributed by atoms with E-state index in [-0.39, 0.29) is 5.91 Å². The molecule has 2 aromatic rings. The number of nitrogens with zero attached hydrogens (tertiary/aromatic N) is 2. The first-order chi connectivity index (χ1) is 8.13. The van der Waals surface area contributed by atoms with E-state index in [9.17, 15) is 4.79 Å². The van der Waals surface area contributed by atoms with Crippen LogP contribution in [0.2, 0.25) is 5.02 Å². The molecule has 0 aliphatic carbocycles. The van der Waals surface area contributed by atoms with Crippen LogP contribution in [-0.4, -0.2) is 10.5 Å². The fourth-order valence-corrected chi connectivity index (χ4v) is 2.98. The Balaban J connectivity index is 2.87. The molecule has 0 spiro atoms. The number of hydrogen-bond acceptors (Lipinski definition) is 2. The second-order valence-corrected chi connectivity index (χ2v) is 4.81. The zero-order valence-corrected chi connectivity index (χ0v) is 10.7. The van der Waals surface area contributed by atoms with Crippen molar-refractivity contribution in [3.8, 4) is 12.3 Å². The van der Waals surface area contributed by atoms with Gasteiger partial charge in [0.2, 0.25) is 5.91 Å². The lowest BCUT2D eigenvalue weighted by atomic mass is 10.3. The summed E-state index contributed by atoms with van der Waals surface area (Å²) in [7, 11) is 0. The molecule has 0 saturated carbocycles. The molecule has 0 bridgehead atoms. The third kappa shape index (κ3) is 2.26. The smallest absolute Gasteiger partial charge is 0.245 e. The Hall–Kier alpha value is -1.57. The Kier molecular flexibility index (Phi) is 3.32. The molecule has 0 saturated heterocycles. The number of fused-ring (bicyclic) bond motifs is 1. The van der Waals surface area contributed by atoms with Crippen molar-refractivity contribution in [2.24, 2.45) is 4.99 Å². The standard InChI is InChI=1S/C12H9ClN2OS/c1-3-7-15-11-9(13)5-4-6-10(11)17-12(15)14-8(2)16/h1,4-6H,7H2,2H3. The third-order valence-electron chi connectivity index (χ3n) is 2.15. The van der Waals surface area contributed by atoms with Crippen molar-refractivity contribution >= 4 is 39.1 Å². The molecule has 0 aliphatic heterocycles. The number of carbonyl (C=O) groups is 1. The van der Waals surface area contributed by atoms with E-state index in [1.807, 2.05) is 12.1 Å². The maximum Gasteiger partial charge on any atom is 0.245 e. The zero-order chi connectivity index (χ0) is 12.4. The van der Waals surface area contributed by atoms with Gasteiger partial charge in [-0.25, -0.2) is 0 Å². The number of thiazole rings is 1. The highest BCUT2D eigenvalue weighted by Gasteiger charge is 2.08. The van der Waals surface area contributed by atoms with Gasteiger partial charge in [-0.15, -0.1) is 6.42 Å². The summed E-state index contributed by atoms with van der Waals surface area (Å²) in [6.45, 7) is 1.75. The van der Waals surface area contributed by atoms with Crippen molar-refractivity contribution in [1.29, 1.82) is 0 Å². The Morgan fingerprint density at radius 3 is 3.06 bits per heavy atom. The van der Waals surface area contributed by atoms with E-state index in [1.54, 1.807) is 10.6 Å². The first-order valence-electron chi connectivity index (χ1n) is 4.90. The molecule has 2 rings (SSSR count). The summed E-state index contributed by atoms with van der Waals surface area (Å²) in [5, 5.41) is 0.610. The fraction of sp³-hybridized carbons (Fsp3) is 0.167. The average Bonchev–Trinajstić information content (AvgIpc) is 2.58. The van der Waals surface area contributed by atoms with Crippen molar-refractivity contribution < 1.29 is 4.79 Å². The van der Waals surface area contributed by atoms with Gasteiger partial charge in [0.1, 0.15) is 0 Å². The summed E-state index contributed by atoms with van der Waals surface area (Å²) < 4.78 is 2.75. The molecule has 5 heteroatoms. The molecular weight excluding hydrogens is 256 g/mol. The molecule has 0 N–H and O–H groups in total. The maximum atomic E-state index is 11.1. The molecular formula is C12H9ClN2OS. The van der Waals surface area contributed by atoms with Gasteiger partial charge in [-0.3, -0.25) is 4.79 Å². The van der Waals surface area contributed by atoms with Crippen molar-refractivity contribution in [3.05, 3.63) is 28.0 Å². The highest BCUT2D eigenvalue weighted by molar-refractivity contribution is 7.16. The van der Waals surface area contributed by atoms with E-state index < -0.39 is 0 Å². The van der Waals surface area contributed by atoms with E-state index in [0.29, 0.717) is 16.4 Å². The van der Waals surface area contributed by atoms with E-state index in [4.69, 9.17) is 18.0 Å². The van der Waals surface area contributed by atoms with Crippen LogP contribution >= 0.6 is 22.9 Å². The minimum Gasteiger partial charge on any atom is -0.303 e. The largest absolute Gasteiger partial charge is 0.303 e. The molecule has 0 fully saturated rings. The first-order valence-corrected chi connectivity index (χ1v) is 6.09.